The third-order valence-electron chi connectivity index (χ3n) is 4.16. The van der Waals surface area contributed by atoms with Crippen LogP contribution in [0.15, 0.2) is 29.7 Å². The number of hydrogen-bond donors (Lipinski definition) is 1. The molecule has 0 unspecified atom stereocenters. The summed E-state index contributed by atoms with van der Waals surface area (Å²) in [7, 11) is -0.391. The van der Waals surface area contributed by atoms with Crippen molar-refractivity contribution in [3.05, 3.63) is 40.9 Å². The molecule has 3 nitrogen and oxygen atoms in total. The maximum absolute atomic E-state index is 10.7. The van der Waals surface area contributed by atoms with Crippen LogP contribution in [0.25, 0.3) is 6.08 Å². The second-order valence-electron chi connectivity index (χ2n) is 6.25. The molecule has 0 N–H and O–H groups in total. The Bertz CT molecular complexity index is 533. The molecule has 1 aliphatic heterocycles. The second-order valence-corrected chi connectivity index (χ2v) is 6.57. The number of benzene rings is 1. The van der Waals surface area contributed by atoms with Crippen LogP contribution in [0, 0.1) is 0 Å². The minimum atomic E-state index is -0.391. The van der Waals surface area contributed by atoms with Crippen molar-refractivity contribution < 1.29 is 14.1 Å². The fraction of sp³-hybridized carbons (Fsp3) is 0.438. The van der Waals surface area contributed by atoms with Gasteiger partial charge in [0.25, 0.3) is 0 Å². The molecule has 1 saturated heterocycles. The third kappa shape index (κ3) is 3.42. The van der Waals surface area contributed by atoms with Gasteiger partial charge in [0.1, 0.15) is 6.29 Å². The Morgan fingerprint density at radius 3 is 2.00 bits per heavy atom. The summed E-state index contributed by atoms with van der Waals surface area (Å²) in [5, 5.41) is 0. The molecule has 5 heteroatoms. The highest BCUT2D eigenvalue weighted by Gasteiger charge is 2.52. The summed E-state index contributed by atoms with van der Waals surface area (Å²) >= 11 is 4.39. The van der Waals surface area contributed by atoms with Gasteiger partial charge in [0.2, 0.25) is 0 Å². The van der Waals surface area contributed by atoms with Crippen molar-refractivity contribution in [2.75, 3.05) is 5.75 Å². The predicted octanol–water partition coefficient (Wildman–Crippen LogP) is 3.44. The summed E-state index contributed by atoms with van der Waals surface area (Å²) in [5.74, 6) is 0.548. The van der Waals surface area contributed by atoms with E-state index in [0.717, 1.165) is 17.3 Å². The Labute approximate surface area is 132 Å². The van der Waals surface area contributed by atoms with E-state index in [1.807, 2.05) is 45.9 Å². The first-order valence-electron chi connectivity index (χ1n) is 7.01. The second kappa shape index (κ2) is 5.99. The van der Waals surface area contributed by atoms with Crippen LogP contribution in [0.3, 0.4) is 0 Å². The summed E-state index contributed by atoms with van der Waals surface area (Å²) in [4.78, 5) is 10.7. The zero-order valence-corrected chi connectivity index (χ0v) is 13.8. The van der Waals surface area contributed by atoms with Gasteiger partial charge in [0.05, 0.1) is 11.2 Å². The summed E-state index contributed by atoms with van der Waals surface area (Å²) < 4.78 is 12.1. The normalized spacial score (nSPS) is 20.6. The summed E-state index contributed by atoms with van der Waals surface area (Å²) in [6.07, 6.45) is 2.84. The zero-order valence-electron chi connectivity index (χ0n) is 12.9. The number of rotatable bonds is 4. The number of carbonyl (C=O) groups excluding carboxylic acids is 1. The van der Waals surface area contributed by atoms with Crippen molar-refractivity contribution in [3.63, 3.8) is 0 Å². The molecule has 1 fully saturated rings. The van der Waals surface area contributed by atoms with Crippen LogP contribution in [0.2, 0.25) is 0 Å². The van der Waals surface area contributed by atoms with Gasteiger partial charge in [-0.1, -0.05) is 30.3 Å². The molecule has 0 bridgehead atoms. The first kappa shape index (κ1) is 16.3. The smallest absolute Gasteiger partial charge is 0.400 e. The lowest BCUT2D eigenvalue weighted by Crippen LogP contribution is -2.41. The predicted molar refractivity (Wildman–Crippen MR) is 89.7 cm³/mol. The molecule has 1 aromatic carbocycles. The molecule has 1 aromatic rings. The Kier molecular flexibility index (Phi) is 4.66. The fourth-order valence-electron chi connectivity index (χ4n) is 2.07. The molecule has 0 atom stereocenters. The lowest BCUT2D eigenvalue weighted by atomic mass is 9.78. The monoisotopic (exact) mass is 304 g/mol. The van der Waals surface area contributed by atoms with Crippen molar-refractivity contribution in [1.82, 2.24) is 0 Å². The van der Waals surface area contributed by atoms with Crippen molar-refractivity contribution in [3.8, 4) is 0 Å². The minimum Gasteiger partial charge on any atom is -0.400 e. The summed E-state index contributed by atoms with van der Waals surface area (Å²) in [5.41, 5.74) is 1.91. The molecule has 0 aliphatic carbocycles. The van der Waals surface area contributed by atoms with Crippen molar-refractivity contribution in [2.45, 2.75) is 38.9 Å². The van der Waals surface area contributed by atoms with Crippen LogP contribution in [-0.4, -0.2) is 30.4 Å². The SMILES string of the molecule is CC1(C)OB(C(=Cc2ccc(C=O)cc2)CS)OC1(C)C. The summed E-state index contributed by atoms with van der Waals surface area (Å²) in [6, 6.07) is 7.38. The van der Waals surface area contributed by atoms with E-state index >= 15 is 0 Å². The number of carbonyl (C=O) groups is 1. The number of hydrogen-bond acceptors (Lipinski definition) is 4. The highest BCUT2D eigenvalue weighted by molar-refractivity contribution is 7.80. The largest absolute Gasteiger partial charge is 0.491 e. The van der Waals surface area contributed by atoms with Gasteiger partial charge in [0.15, 0.2) is 0 Å². The summed E-state index contributed by atoms with van der Waals surface area (Å²) in [6.45, 7) is 8.12. The van der Waals surface area contributed by atoms with Crippen LogP contribution >= 0.6 is 12.6 Å². The van der Waals surface area contributed by atoms with Crippen LogP contribution < -0.4 is 0 Å². The molecule has 0 radical (unpaired) electrons. The van der Waals surface area contributed by atoms with Gasteiger partial charge in [-0.3, -0.25) is 4.79 Å². The average molecular weight is 304 g/mol. The van der Waals surface area contributed by atoms with E-state index in [1.165, 1.54) is 0 Å². The van der Waals surface area contributed by atoms with E-state index in [0.29, 0.717) is 11.3 Å². The fourth-order valence-corrected chi connectivity index (χ4v) is 2.31. The molecule has 0 aromatic heterocycles. The standard InChI is InChI=1S/C16H21BO3S/c1-15(2)16(3,4)20-17(19-15)14(11-21)9-12-5-7-13(10-18)8-6-12/h5-10,21H,11H2,1-4H3. The first-order chi connectivity index (χ1) is 9.79. The molecule has 0 amide bonds. The Morgan fingerprint density at radius 1 is 1.10 bits per heavy atom. The van der Waals surface area contributed by atoms with Crippen molar-refractivity contribution >= 4 is 32.1 Å². The van der Waals surface area contributed by atoms with Crippen LogP contribution in [-0.2, 0) is 9.31 Å². The van der Waals surface area contributed by atoms with E-state index in [9.17, 15) is 4.79 Å². The maximum Gasteiger partial charge on any atom is 0.491 e. The van der Waals surface area contributed by atoms with E-state index in [2.05, 4.69) is 12.6 Å². The van der Waals surface area contributed by atoms with Gasteiger partial charge in [-0.05, 0) is 38.7 Å². The van der Waals surface area contributed by atoms with E-state index in [1.54, 1.807) is 12.1 Å². The topological polar surface area (TPSA) is 35.5 Å². The Balaban J connectivity index is 2.23. The Hall–Kier alpha value is -1.04. The number of aldehydes is 1. The van der Waals surface area contributed by atoms with Gasteiger partial charge in [-0.25, -0.2) is 0 Å². The molecule has 2 rings (SSSR count). The third-order valence-corrected chi connectivity index (χ3v) is 4.53. The van der Waals surface area contributed by atoms with Crippen LogP contribution in [0.4, 0.5) is 0 Å². The lowest BCUT2D eigenvalue weighted by molar-refractivity contribution is 0.00578. The van der Waals surface area contributed by atoms with E-state index in [-0.39, 0.29) is 11.2 Å². The average Bonchev–Trinajstić information content (AvgIpc) is 2.65. The van der Waals surface area contributed by atoms with Crippen molar-refractivity contribution in [2.24, 2.45) is 0 Å². The van der Waals surface area contributed by atoms with Crippen LogP contribution in [0.5, 0.6) is 0 Å². The van der Waals surface area contributed by atoms with Gasteiger partial charge in [0, 0.05) is 11.3 Å². The minimum absolute atomic E-state index is 0.360. The number of thiol groups is 1. The first-order valence-corrected chi connectivity index (χ1v) is 7.64. The highest BCUT2D eigenvalue weighted by atomic mass is 32.1. The molecule has 1 aliphatic rings. The molecular weight excluding hydrogens is 283 g/mol. The zero-order chi connectivity index (χ0) is 15.7. The molecule has 21 heavy (non-hydrogen) atoms. The van der Waals surface area contributed by atoms with E-state index in [4.69, 9.17) is 9.31 Å². The lowest BCUT2D eigenvalue weighted by Gasteiger charge is -2.32. The van der Waals surface area contributed by atoms with Gasteiger partial charge >= 0.3 is 7.12 Å². The van der Waals surface area contributed by atoms with Crippen LogP contribution in [0.1, 0.15) is 43.6 Å². The maximum atomic E-state index is 10.7. The molecular formula is C16H21BO3S. The van der Waals surface area contributed by atoms with E-state index < -0.39 is 7.12 Å². The van der Waals surface area contributed by atoms with Gasteiger partial charge < -0.3 is 9.31 Å². The van der Waals surface area contributed by atoms with Gasteiger partial charge in [-0.2, -0.15) is 12.6 Å². The molecule has 112 valence electrons. The molecule has 1 heterocycles. The van der Waals surface area contributed by atoms with Crippen molar-refractivity contribution in [1.29, 1.82) is 0 Å². The molecule has 0 saturated carbocycles. The quantitative estimate of drug-likeness (QED) is 0.526. The molecule has 0 spiro atoms. The highest BCUT2D eigenvalue weighted by Crippen LogP contribution is 2.38. The van der Waals surface area contributed by atoms with Gasteiger partial charge in [-0.15, -0.1) is 0 Å². The Morgan fingerprint density at radius 2 is 1.57 bits per heavy atom.